The lowest BCUT2D eigenvalue weighted by molar-refractivity contribution is 0.153. The van der Waals surface area contributed by atoms with Gasteiger partial charge in [-0.1, -0.05) is 32.4 Å². The lowest BCUT2D eigenvalue weighted by Crippen LogP contribution is -2.48. The van der Waals surface area contributed by atoms with Gasteiger partial charge in [0.1, 0.15) is 5.82 Å². The molecule has 7 nitrogen and oxygen atoms in total. The van der Waals surface area contributed by atoms with Crippen molar-refractivity contribution in [1.82, 2.24) is 19.4 Å². The Morgan fingerprint density at radius 3 is 2.52 bits per heavy atom. The van der Waals surface area contributed by atoms with E-state index in [9.17, 15) is 4.79 Å². The van der Waals surface area contributed by atoms with Crippen LogP contribution in [0, 0.1) is 0 Å². The Balaban J connectivity index is 1.99. The van der Waals surface area contributed by atoms with Crippen molar-refractivity contribution in [2.24, 2.45) is 0 Å². The molecular formula is C20H28ClN5O2S. The molecule has 29 heavy (non-hydrogen) atoms. The van der Waals surface area contributed by atoms with E-state index < -0.39 is 6.09 Å². The van der Waals surface area contributed by atoms with Gasteiger partial charge in [0, 0.05) is 31.6 Å². The Morgan fingerprint density at radius 2 is 1.93 bits per heavy atom. The highest BCUT2D eigenvalue weighted by Gasteiger charge is 2.28. The van der Waals surface area contributed by atoms with E-state index in [0.29, 0.717) is 32.7 Å². The predicted octanol–water partition coefficient (Wildman–Crippen LogP) is 3.94. The number of fused-ring (bicyclic) bond motifs is 1. The van der Waals surface area contributed by atoms with Crippen LogP contribution >= 0.6 is 23.8 Å². The van der Waals surface area contributed by atoms with Gasteiger partial charge in [0.15, 0.2) is 5.11 Å². The lowest BCUT2D eigenvalue weighted by atomic mass is 9.96. The molecule has 0 unspecified atom stereocenters. The standard InChI is InChI=1S/C20H28ClN5O2S/c1-6-28-19(27)26-16-12-14(23-18(29)25-9-7-24(5)8-10-25)13(21)11-15(16)22-17(26)20(2,3)4/h11-12H,6-10H2,1-5H3,(H,23,29). The number of anilines is 1. The smallest absolute Gasteiger partial charge is 0.419 e. The van der Waals surface area contributed by atoms with Gasteiger partial charge in [-0.05, 0) is 38.3 Å². The van der Waals surface area contributed by atoms with Crippen LogP contribution in [0.2, 0.25) is 5.02 Å². The maximum atomic E-state index is 12.7. The van der Waals surface area contributed by atoms with Crippen LogP contribution in [0.4, 0.5) is 10.5 Å². The van der Waals surface area contributed by atoms with Crippen molar-refractivity contribution in [1.29, 1.82) is 0 Å². The van der Waals surface area contributed by atoms with Gasteiger partial charge in [-0.25, -0.2) is 14.3 Å². The van der Waals surface area contributed by atoms with Crippen molar-refractivity contribution in [2.45, 2.75) is 33.1 Å². The zero-order chi connectivity index (χ0) is 21.3. The van der Waals surface area contributed by atoms with Crippen molar-refractivity contribution >= 4 is 51.7 Å². The number of carbonyl (C=O) groups excluding carboxylic acids is 1. The summed E-state index contributed by atoms with van der Waals surface area (Å²) in [6.45, 7) is 11.7. The maximum absolute atomic E-state index is 12.7. The zero-order valence-corrected chi connectivity index (χ0v) is 19.2. The van der Waals surface area contributed by atoms with Crippen molar-refractivity contribution < 1.29 is 9.53 Å². The number of carbonyl (C=O) groups is 1. The molecule has 9 heteroatoms. The van der Waals surface area contributed by atoms with E-state index in [4.69, 9.17) is 28.6 Å². The Labute approximate surface area is 181 Å². The summed E-state index contributed by atoms with van der Waals surface area (Å²) < 4.78 is 6.81. The van der Waals surface area contributed by atoms with Gasteiger partial charge in [-0.3, -0.25) is 0 Å². The first kappa shape index (κ1) is 21.8. The minimum Gasteiger partial charge on any atom is -0.449 e. The molecule has 1 aliphatic rings. The first-order valence-electron chi connectivity index (χ1n) is 9.76. The lowest BCUT2D eigenvalue weighted by Gasteiger charge is -2.34. The van der Waals surface area contributed by atoms with Crippen LogP contribution in [0.25, 0.3) is 11.0 Å². The molecule has 0 aliphatic carbocycles. The van der Waals surface area contributed by atoms with Gasteiger partial charge in [-0.2, -0.15) is 0 Å². The number of hydrogen-bond acceptors (Lipinski definition) is 5. The van der Waals surface area contributed by atoms with Crippen molar-refractivity contribution in [2.75, 3.05) is 45.2 Å². The van der Waals surface area contributed by atoms with Crippen LogP contribution in [0.5, 0.6) is 0 Å². The fourth-order valence-electron chi connectivity index (χ4n) is 3.27. The Kier molecular flexibility index (Phi) is 6.36. The number of thiocarbonyl (C=S) groups is 1. The van der Waals surface area contributed by atoms with E-state index in [2.05, 4.69) is 27.1 Å². The number of piperazine rings is 1. The molecule has 1 saturated heterocycles. The van der Waals surface area contributed by atoms with Crippen LogP contribution in [0.3, 0.4) is 0 Å². The Bertz CT molecular complexity index is 929. The van der Waals surface area contributed by atoms with Gasteiger partial charge >= 0.3 is 6.09 Å². The number of aromatic nitrogens is 2. The van der Waals surface area contributed by atoms with Crippen LogP contribution in [0.1, 0.15) is 33.5 Å². The number of rotatable bonds is 2. The van der Waals surface area contributed by atoms with E-state index in [0.717, 1.165) is 26.2 Å². The first-order valence-corrected chi connectivity index (χ1v) is 10.5. The third-order valence-corrected chi connectivity index (χ3v) is 5.57. The van der Waals surface area contributed by atoms with E-state index in [1.54, 1.807) is 13.0 Å². The van der Waals surface area contributed by atoms with E-state index in [1.807, 2.05) is 26.8 Å². The maximum Gasteiger partial charge on any atom is 0.419 e. The molecule has 1 fully saturated rings. The topological polar surface area (TPSA) is 62.6 Å². The molecule has 1 aromatic carbocycles. The molecular weight excluding hydrogens is 410 g/mol. The largest absolute Gasteiger partial charge is 0.449 e. The normalized spacial score (nSPS) is 15.6. The summed E-state index contributed by atoms with van der Waals surface area (Å²) in [7, 11) is 2.10. The molecule has 0 saturated carbocycles. The average molecular weight is 438 g/mol. The number of halogens is 1. The predicted molar refractivity (Wildman–Crippen MR) is 121 cm³/mol. The minimum atomic E-state index is -0.449. The SMILES string of the molecule is CCOC(=O)n1c(C(C)(C)C)nc2cc(Cl)c(NC(=S)N3CCN(C)CC3)cc21. The number of likely N-dealkylation sites (N-methyl/N-ethyl adjacent to an activating group) is 1. The molecule has 2 heterocycles. The molecule has 0 spiro atoms. The number of imidazole rings is 1. The molecule has 0 bridgehead atoms. The van der Waals surface area contributed by atoms with Crippen LogP contribution in [0.15, 0.2) is 12.1 Å². The van der Waals surface area contributed by atoms with Crippen LogP contribution in [-0.4, -0.2) is 70.4 Å². The van der Waals surface area contributed by atoms with Gasteiger partial charge in [0.2, 0.25) is 0 Å². The van der Waals surface area contributed by atoms with Gasteiger partial charge in [-0.15, -0.1) is 0 Å². The molecule has 1 aliphatic heterocycles. The minimum absolute atomic E-state index is 0.286. The molecule has 1 aromatic heterocycles. The second-order valence-electron chi connectivity index (χ2n) is 8.26. The highest BCUT2D eigenvalue weighted by atomic mass is 35.5. The summed E-state index contributed by atoms with van der Waals surface area (Å²) in [6, 6.07) is 3.58. The molecule has 3 rings (SSSR count). The van der Waals surface area contributed by atoms with E-state index in [-0.39, 0.29) is 12.0 Å². The summed E-state index contributed by atoms with van der Waals surface area (Å²) in [6.07, 6.45) is -0.449. The molecule has 0 amide bonds. The van der Waals surface area contributed by atoms with Crippen molar-refractivity contribution in [3.05, 3.63) is 23.0 Å². The summed E-state index contributed by atoms with van der Waals surface area (Å²) in [5, 5.41) is 4.37. The Hall–Kier alpha value is -1.90. The van der Waals surface area contributed by atoms with E-state index in [1.165, 1.54) is 4.57 Å². The molecule has 158 valence electrons. The summed E-state index contributed by atoms with van der Waals surface area (Å²) in [5.74, 6) is 0.626. The highest BCUT2D eigenvalue weighted by Crippen LogP contribution is 2.32. The fraction of sp³-hybridized carbons (Fsp3) is 0.550. The van der Waals surface area contributed by atoms with Gasteiger partial charge in [0.25, 0.3) is 0 Å². The molecule has 1 N–H and O–H groups in total. The summed E-state index contributed by atoms with van der Waals surface area (Å²) in [4.78, 5) is 21.8. The third-order valence-electron chi connectivity index (χ3n) is 4.90. The first-order chi connectivity index (χ1) is 13.6. The summed E-state index contributed by atoms with van der Waals surface area (Å²) >= 11 is 12.1. The monoisotopic (exact) mass is 437 g/mol. The van der Waals surface area contributed by atoms with Crippen molar-refractivity contribution in [3.8, 4) is 0 Å². The number of nitrogens with zero attached hydrogens (tertiary/aromatic N) is 4. The number of benzene rings is 1. The second-order valence-corrected chi connectivity index (χ2v) is 9.05. The van der Waals surface area contributed by atoms with Gasteiger partial charge in [0.05, 0.1) is 28.4 Å². The average Bonchev–Trinajstić information content (AvgIpc) is 3.01. The third kappa shape index (κ3) is 4.65. The van der Waals surface area contributed by atoms with Crippen LogP contribution in [-0.2, 0) is 10.2 Å². The number of hydrogen-bond donors (Lipinski definition) is 1. The highest BCUT2D eigenvalue weighted by molar-refractivity contribution is 7.80. The molecule has 0 radical (unpaired) electrons. The van der Waals surface area contributed by atoms with Gasteiger partial charge < -0.3 is 19.9 Å². The van der Waals surface area contributed by atoms with Crippen molar-refractivity contribution in [3.63, 3.8) is 0 Å². The quantitative estimate of drug-likeness (QED) is 0.714. The number of ether oxygens (including phenoxy) is 1. The molecule has 0 atom stereocenters. The summed E-state index contributed by atoms with van der Waals surface area (Å²) in [5.41, 5.74) is 1.58. The van der Waals surface area contributed by atoms with Crippen LogP contribution < -0.4 is 5.32 Å². The zero-order valence-electron chi connectivity index (χ0n) is 17.6. The Morgan fingerprint density at radius 1 is 1.28 bits per heavy atom. The fourth-order valence-corrected chi connectivity index (χ4v) is 3.77. The molecule has 2 aromatic rings. The second kappa shape index (κ2) is 8.45. The number of nitrogens with one attached hydrogen (secondary N) is 1. The van der Waals surface area contributed by atoms with E-state index >= 15 is 0 Å².